The zero-order chi connectivity index (χ0) is 13.4. The van der Waals surface area contributed by atoms with Crippen molar-refractivity contribution in [2.75, 3.05) is 26.3 Å². The minimum Gasteiger partial charge on any atom is -0.372 e. The molecular weight excluding hydrogens is 243 g/mol. The molecular formula is C13H24F3NO. The Morgan fingerprint density at radius 2 is 1.83 bits per heavy atom. The van der Waals surface area contributed by atoms with Gasteiger partial charge in [0.1, 0.15) is 6.61 Å². The topological polar surface area (TPSA) is 21.3 Å². The fraction of sp³-hybridized carbons (Fsp3) is 1.00. The number of alkyl halides is 3. The second-order valence-corrected chi connectivity index (χ2v) is 5.35. The summed E-state index contributed by atoms with van der Waals surface area (Å²) in [5, 5.41) is 3.31. The summed E-state index contributed by atoms with van der Waals surface area (Å²) in [5.41, 5.74) is 0. The zero-order valence-electron chi connectivity index (χ0n) is 11.1. The van der Waals surface area contributed by atoms with E-state index < -0.39 is 12.8 Å². The van der Waals surface area contributed by atoms with Crippen molar-refractivity contribution in [3.8, 4) is 0 Å². The molecule has 0 atom stereocenters. The van der Waals surface area contributed by atoms with E-state index in [9.17, 15) is 13.2 Å². The predicted octanol–water partition coefficient (Wildman–Crippen LogP) is 3.37. The largest absolute Gasteiger partial charge is 0.411 e. The average Bonchev–Trinajstić information content (AvgIpc) is 2.29. The molecule has 0 aliphatic heterocycles. The maximum absolute atomic E-state index is 11.8. The molecule has 1 fully saturated rings. The Morgan fingerprint density at radius 1 is 1.17 bits per heavy atom. The number of hydrogen-bond acceptors (Lipinski definition) is 2. The number of nitrogens with one attached hydrogen (secondary N) is 1. The van der Waals surface area contributed by atoms with Crippen LogP contribution in [0.4, 0.5) is 13.2 Å². The standard InChI is InChI=1S/C13H24F3NO/c1-11-3-5-12(6-4-11)9-17-7-2-8-18-10-13(14,15)16/h11-12,17H,2-10H2,1H3. The van der Waals surface area contributed by atoms with Gasteiger partial charge in [-0.05, 0) is 44.2 Å². The summed E-state index contributed by atoms with van der Waals surface area (Å²) in [6, 6.07) is 0. The molecule has 0 spiro atoms. The molecule has 0 heterocycles. The fourth-order valence-electron chi connectivity index (χ4n) is 2.33. The normalized spacial score (nSPS) is 25.3. The van der Waals surface area contributed by atoms with Gasteiger partial charge in [0.05, 0.1) is 0 Å². The minimum absolute atomic E-state index is 0.175. The van der Waals surface area contributed by atoms with Gasteiger partial charge < -0.3 is 10.1 Å². The number of hydrogen-bond donors (Lipinski definition) is 1. The van der Waals surface area contributed by atoms with Gasteiger partial charge in [-0.1, -0.05) is 19.8 Å². The van der Waals surface area contributed by atoms with Gasteiger partial charge in [-0.15, -0.1) is 0 Å². The second-order valence-electron chi connectivity index (χ2n) is 5.35. The van der Waals surface area contributed by atoms with Crippen molar-refractivity contribution in [2.45, 2.75) is 45.2 Å². The van der Waals surface area contributed by atoms with E-state index in [2.05, 4.69) is 17.0 Å². The molecule has 0 saturated heterocycles. The molecule has 0 aromatic heterocycles. The highest BCUT2D eigenvalue weighted by Gasteiger charge is 2.27. The minimum atomic E-state index is -4.20. The van der Waals surface area contributed by atoms with Crippen molar-refractivity contribution in [1.82, 2.24) is 5.32 Å². The van der Waals surface area contributed by atoms with Gasteiger partial charge in [0, 0.05) is 6.61 Å². The summed E-state index contributed by atoms with van der Waals surface area (Å²) in [5.74, 6) is 1.61. The molecule has 0 unspecified atom stereocenters. The third kappa shape index (κ3) is 7.93. The molecule has 0 bridgehead atoms. The van der Waals surface area contributed by atoms with Crippen LogP contribution < -0.4 is 5.32 Å². The first-order valence-corrected chi connectivity index (χ1v) is 6.82. The van der Waals surface area contributed by atoms with Crippen molar-refractivity contribution in [3.05, 3.63) is 0 Å². The van der Waals surface area contributed by atoms with E-state index in [1.54, 1.807) is 0 Å². The van der Waals surface area contributed by atoms with Gasteiger partial charge in [-0.25, -0.2) is 0 Å². The predicted molar refractivity (Wildman–Crippen MR) is 65.5 cm³/mol. The van der Waals surface area contributed by atoms with Crippen LogP contribution >= 0.6 is 0 Å². The maximum atomic E-state index is 11.8. The molecule has 0 radical (unpaired) electrons. The van der Waals surface area contributed by atoms with Crippen LogP contribution in [0.2, 0.25) is 0 Å². The molecule has 0 aromatic carbocycles. The first-order chi connectivity index (χ1) is 8.47. The van der Waals surface area contributed by atoms with E-state index in [0.717, 1.165) is 24.9 Å². The number of ether oxygens (including phenoxy) is 1. The third-order valence-electron chi connectivity index (χ3n) is 3.48. The summed E-state index contributed by atoms with van der Waals surface area (Å²) in [4.78, 5) is 0. The quantitative estimate of drug-likeness (QED) is 0.714. The van der Waals surface area contributed by atoms with Gasteiger partial charge in [0.25, 0.3) is 0 Å². The van der Waals surface area contributed by atoms with Gasteiger partial charge in [0.2, 0.25) is 0 Å². The molecule has 0 aromatic rings. The molecule has 1 N–H and O–H groups in total. The Kier molecular flexibility index (Phi) is 7.00. The van der Waals surface area contributed by atoms with E-state index in [4.69, 9.17) is 0 Å². The van der Waals surface area contributed by atoms with Crippen LogP contribution in [0, 0.1) is 11.8 Å². The van der Waals surface area contributed by atoms with Crippen LogP contribution in [0.1, 0.15) is 39.0 Å². The summed E-state index contributed by atoms with van der Waals surface area (Å²) in [6.45, 7) is 3.07. The molecule has 1 aliphatic rings. The molecule has 2 nitrogen and oxygen atoms in total. The van der Waals surface area contributed by atoms with E-state index >= 15 is 0 Å². The van der Waals surface area contributed by atoms with Gasteiger partial charge in [-0.3, -0.25) is 0 Å². The maximum Gasteiger partial charge on any atom is 0.411 e. The van der Waals surface area contributed by atoms with Crippen molar-refractivity contribution in [1.29, 1.82) is 0 Å². The van der Waals surface area contributed by atoms with Gasteiger partial charge in [0.15, 0.2) is 0 Å². The lowest BCUT2D eigenvalue weighted by Gasteiger charge is -2.26. The molecule has 1 rings (SSSR count). The summed E-state index contributed by atoms with van der Waals surface area (Å²) < 4.78 is 39.8. The first kappa shape index (κ1) is 15.8. The molecule has 18 heavy (non-hydrogen) atoms. The third-order valence-corrected chi connectivity index (χ3v) is 3.48. The number of rotatable bonds is 7. The first-order valence-electron chi connectivity index (χ1n) is 6.82. The molecule has 108 valence electrons. The van der Waals surface area contributed by atoms with Crippen LogP contribution in [-0.4, -0.2) is 32.5 Å². The summed E-state index contributed by atoms with van der Waals surface area (Å²) in [7, 11) is 0. The lowest BCUT2D eigenvalue weighted by atomic mass is 9.83. The lowest BCUT2D eigenvalue weighted by molar-refractivity contribution is -0.173. The molecule has 1 saturated carbocycles. The zero-order valence-corrected chi connectivity index (χ0v) is 11.1. The lowest BCUT2D eigenvalue weighted by Crippen LogP contribution is -2.27. The van der Waals surface area contributed by atoms with Crippen molar-refractivity contribution >= 4 is 0 Å². The second kappa shape index (κ2) is 8.00. The van der Waals surface area contributed by atoms with Crippen LogP contribution in [-0.2, 0) is 4.74 Å². The van der Waals surface area contributed by atoms with Crippen LogP contribution in [0.15, 0.2) is 0 Å². The van der Waals surface area contributed by atoms with E-state index in [-0.39, 0.29) is 6.61 Å². The van der Waals surface area contributed by atoms with E-state index in [0.29, 0.717) is 6.42 Å². The van der Waals surface area contributed by atoms with Crippen LogP contribution in [0.5, 0.6) is 0 Å². The van der Waals surface area contributed by atoms with Gasteiger partial charge in [-0.2, -0.15) is 13.2 Å². The van der Waals surface area contributed by atoms with Crippen LogP contribution in [0.3, 0.4) is 0 Å². The Bertz CT molecular complexity index is 213. The van der Waals surface area contributed by atoms with E-state index in [1.165, 1.54) is 25.7 Å². The summed E-state index contributed by atoms with van der Waals surface area (Å²) in [6.07, 6.45) is 1.60. The van der Waals surface area contributed by atoms with Crippen molar-refractivity contribution < 1.29 is 17.9 Å². The Hall–Kier alpha value is -0.290. The highest BCUT2D eigenvalue weighted by molar-refractivity contribution is 4.71. The Labute approximate surface area is 107 Å². The smallest absolute Gasteiger partial charge is 0.372 e. The van der Waals surface area contributed by atoms with Crippen molar-refractivity contribution in [2.24, 2.45) is 11.8 Å². The van der Waals surface area contributed by atoms with Crippen LogP contribution in [0.25, 0.3) is 0 Å². The summed E-state index contributed by atoms with van der Waals surface area (Å²) >= 11 is 0. The monoisotopic (exact) mass is 267 g/mol. The highest BCUT2D eigenvalue weighted by atomic mass is 19.4. The Morgan fingerprint density at radius 3 is 2.44 bits per heavy atom. The molecule has 5 heteroatoms. The van der Waals surface area contributed by atoms with Gasteiger partial charge >= 0.3 is 6.18 Å². The average molecular weight is 267 g/mol. The molecule has 1 aliphatic carbocycles. The fourth-order valence-corrected chi connectivity index (χ4v) is 2.33. The SMILES string of the molecule is CC1CCC(CNCCCOCC(F)(F)F)CC1. The van der Waals surface area contributed by atoms with E-state index in [1.807, 2.05) is 0 Å². The molecule has 0 amide bonds. The number of halogens is 3. The Balaban J connectivity index is 1.87. The van der Waals surface area contributed by atoms with Crippen molar-refractivity contribution in [3.63, 3.8) is 0 Å². The highest BCUT2D eigenvalue weighted by Crippen LogP contribution is 2.27.